The standard InChI is InChI=1S/C26H27F3N6O2S/c1-15-14-33(17(3)24-30-9-12-38-24)10-11-34(15)25(36)20-13-31-35-22(26(27,28)29)16(2)21(32-23(20)35)18-5-7-19(37-4)8-6-18/h5-9,12-13,15,17H,10-11,14H2,1-4H3/t15-,17+/m1/s1. The SMILES string of the molecule is COc1ccc(-c2nc3c(C(=O)N4CCN([C@@H](C)c5nccs5)C[C@H]4C)cnn3c(C(F)(F)F)c2C)cc1. The first-order valence-electron chi connectivity index (χ1n) is 12.1. The fourth-order valence-electron chi connectivity index (χ4n) is 4.98. The van der Waals surface area contributed by atoms with Crippen LogP contribution in [0.5, 0.6) is 5.75 Å². The van der Waals surface area contributed by atoms with E-state index in [0.29, 0.717) is 30.9 Å². The van der Waals surface area contributed by atoms with Gasteiger partial charge in [-0.15, -0.1) is 11.3 Å². The maximum atomic E-state index is 14.2. The number of ether oxygens (including phenoxy) is 1. The van der Waals surface area contributed by atoms with E-state index in [-0.39, 0.29) is 40.5 Å². The Hall–Kier alpha value is -3.51. The molecule has 200 valence electrons. The Morgan fingerprint density at radius 2 is 1.95 bits per heavy atom. The number of fused-ring (bicyclic) bond motifs is 1. The number of alkyl halides is 3. The molecule has 3 aromatic heterocycles. The first-order chi connectivity index (χ1) is 18.1. The number of carbonyl (C=O) groups excluding carboxylic acids is 1. The number of aromatic nitrogens is 4. The van der Waals surface area contributed by atoms with Crippen molar-refractivity contribution in [2.45, 2.75) is 39.0 Å². The lowest BCUT2D eigenvalue weighted by molar-refractivity contribution is -0.143. The van der Waals surface area contributed by atoms with Gasteiger partial charge < -0.3 is 9.64 Å². The lowest BCUT2D eigenvalue weighted by Crippen LogP contribution is -2.54. The minimum absolute atomic E-state index is 0.0403. The molecule has 0 radical (unpaired) electrons. The first-order valence-corrected chi connectivity index (χ1v) is 13.0. The molecule has 38 heavy (non-hydrogen) atoms. The molecule has 5 rings (SSSR count). The summed E-state index contributed by atoms with van der Waals surface area (Å²) in [5, 5.41) is 6.91. The molecular formula is C26H27F3N6O2S. The molecule has 8 nitrogen and oxygen atoms in total. The number of rotatable bonds is 5. The molecule has 0 saturated carbocycles. The number of thiazole rings is 1. The van der Waals surface area contributed by atoms with Crippen LogP contribution in [-0.4, -0.2) is 68.1 Å². The number of halogens is 3. The maximum absolute atomic E-state index is 14.2. The predicted molar refractivity (Wildman–Crippen MR) is 137 cm³/mol. The van der Waals surface area contributed by atoms with Crippen LogP contribution in [0, 0.1) is 6.92 Å². The van der Waals surface area contributed by atoms with E-state index in [9.17, 15) is 18.0 Å². The molecule has 1 aliphatic rings. The third-order valence-electron chi connectivity index (χ3n) is 7.02. The Balaban J connectivity index is 1.51. The van der Waals surface area contributed by atoms with E-state index in [4.69, 9.17) is 4.74 Å². The van der Waals surface area contributed by atoms with Gasteiger partial charge in [-0.3, -0.25) is 9.69 Å². The Kier molecular flexibility index (Phi) is 6.86. The number of benzene rings is 1. The summed E-state index contributed by atoms with van der Waals surface area (Å²) in [4.78, 5) is 26.6. The van der Waals surface area contributed by atoms with E-state index in [1.165, 1.54) is 20.2 Å². The van der Waals surface area contributed by atoms with Crippen LogP contribution in [0.3, 0.4) is 0 Å². The lowest BCUT2D eigenvalue weighted by Gasteiger charge is -2.41. The molecule has 1 saturated heterocycles. The molecule has 1 aromatic carbocycles. The van der Waals surface area contributed by atoms with Crippen molar-refractivity contribution in [3.63, 3.8) is 0 Å². The Morgan fingerprint density at radius 3 is 2.55 bits per heavy atom. The highest BCUT2D eigenvalue weighted by molar-refractivity contribution is 7.09. The second-order valence-corrected chi connectivity index (χ2v) is 10.3. The Morgan fingerprint density at radius 1 is 1.21 bits per heavy atom. The number of methoxy groups -OCH3 is 1. The number of hydrogen-bond acceptors (Lipinski definition) is 7. The average Bonchev–Trinajstić information content (AvgIpc) is 3.57. The van der Waals surface area contributed by atoms with Crippen LogP contribution in [0.1, 0.15) is 46.5 Å². The van der Waals surface area contributed by atoms with Gasteiger partial charge in [0.2, 0.25) is 0 Å². The van der Waals surface area contributed by atoms with Gasteiger partial charge in [0.05, 0.1) is 25.0 Å². The number of carbonyl (C=O) groups is 1. The molecule has 1 aliphatic heterocycles. The normalized spacial score (nSPS) is 17.7. The summed E-state index contributed by atoms with van der Waals surface area (Å²) in [6.45, 7) is 7.04. The molecule has 4 aromatic rings. The van der Waals surface area contributed by atoms with Gasteiger partial charge >= 0.3 is 6.18 Å². The van der Waals surface area contributed by atoms with Crippen molar-refractivity contribution in [2.24, 2.45) is 0 Å². The van der Waals surface area contributed by atoms with Crippen molar-refractivity contribution in [1.29, 1.82) is 0 Å². The molecule has 0 unspecified atom stereocenters. The highest BCUT2D eigenvalue weighted by Gasteiger charge is 2.39. The van der Waals surface area contributed by atoms with Gasteiger partial charge in [0.15, 0.2) is 11.3 Å². The molecule has 1 amide bonds. The van der Waals surface area contributed by atoms with Crippen LogP contribution in [0.2, 0.25) is 0 Å². The van der Waals surface area contributed by atoms with Crippen LogP contribution in [-0.2, 0) is 6.18 Å². The van der Waals surface area contributed by atoms with E-state index >= 15 is 0 Å². The zero-order valence-electron chi connectivity index (χ0n) is 21.4. The molecule has 12 heteroatoms. The monoisotopic (exact) mass is 544 g/mol. The number of nitrogens with zero attached hydrogens (tertiary/aromatic N) is 6. The molecule has 2 atom stereocenters. The van der Waals surface area contributed by atoms with Crippen molar-refractivity contribution in [3.8, 4) is 17.0 Å². The van der Waals surface area contributed by atoms with Crippen molar-refractivity contribution < 1.29 is 22.7 Å². The van der Waals surface area contributed by atoms with Crippen molar-refractivity contribution in [2.75, 3.05) is 26.7 Å². The van der Waals surface area contributed by atoms with Crippen molar-refractivity contribution in [1.82, 2.24) is 29.4 Å². The van der Waals surface area contributed by atoms with E-state index in [1.54, 1.807) is 46.7 Å². The third kappa shape index (κ3) is 4.62. The molecule has 4 heterocycles. The Labute approximate surface area is 221 Å². The number of hydrogen-bond donors (Lipinski definition) is 0. The molecular weight excluding hydrogens is 517 g/mol. The van der Waals surface area contributed by atoms with E-state index < -0.39 is 11.9 Å². The lowest BCUT2D eigenvalue weighted by atomic mass is 10.0. The second-order valence-electron chi connectivity index (χ2n) is 9.34. The van der Waals surface area contributed by atoms with Gasteiger partial charge in [-0.25, -0.2) is 14.5 Å². The van der Waals surface area contributed by atoms with Crippen LogP contribution >= 0.6 is 11.3 Å². The quantitative estimate of drug-likeness (QED) is 0.348. The molecule has 0 bridgehead atoms. The highest BCUT2D eigenvalue weighted by Crippen LogP contribution is 2.37. The van der Waals surface area contributed by atoms with E-state index in [2.05, 4.69) is 26.9 Å². The van der Waals surface area contributed by atoms with Crippen LogP contribution < -0.4 is 4.74 Å². The van der Waals surface area contributed by atoms with Gasteiger partial charge in [0.25, 0.3) is 5.91 Å². The fraction of sp³-hybridized carbons (Fsp3) is 0.385. The largest absolute Gasteiger partial charge is 0.497 e. The van der Waals surface area contributed by atoms with Crippen molar-refractivity contribution >= 4 is 22.9 Å². The van der Waals surface area contributed by atoms with Crippen LogP contribution in [0.15, 0.2) is 42.0 Å². The summed E-state index contributed by atoms with van der Waals surface area (Å²) in [5.41, 5.74) is -0.493. The fourth-order valence-corrected chi connectivity index (χ4v) is 5.71. The summed E-state index contributed by atoms with van der Waals surface area (Å²) < 4.78 is 48.6. The highest BCUT2D eigenvalue weighted by atomic mass is 32.1. The van der Waals surface area contributed by atoms with E-state index in [1.807, 2.05) is 12.3 Å². The van der Waals surface area contributed by atoms with Gasteiger partial charge in [-0.1, -0.05) is 0 Å². The van der Waals surface area contributed by atoms with Gasteiger partial charge in [0, 0.05) is 48.4 Å². The summed E-state index contributed by atoms with van der Waals surface area (Å²) >= 11 is 1.59. The van der Waals surface area contributed by atoms with Crippen LogP contribution in [0.25, 0.3) is 16.9 Å². The predicted octanol–water partition coefficient (Wildman–Crippen LogP) is 5.10. The second kappa shape index (κ2) is 9.99. The topological polar surface area (TPSA) is 75.9 Å². The minimum atomic E-state index is -4.70. The zero-order chi connectivity index (χ0) is 27.2. The number of piperazine rings is 1. The molecule has 0 N–H and O–H groups in total. The minimum Gasteiger partial charge on any atom is -0.497 e. The average molecular weight is 545 g/mol. The van der Waals surface area contributed by atoms with E-state index in [0.717, 1.165) is 9.52 Å². The maximum Gasteiger partial charge on any atom is 0.433 e. The van der Waals surface area contributed by atoms with Gasteiger partial charge in [-0.05, 0) is 45.0 Å². The number of amides is 1. The first kappa shape index (κ1) is 26.1. The summed E-state index contributed by atoms with van der Waals surface area (Å²) in [6.07, 6.45) is -1.74. The van der Waals surface area contributed by atoms with Gasteiger partial charge in [0.1, 0.15) is 16.3 Å². The van der Waals surface area contributed by atoms with Crippen molar-refractivity contribution in [3.05, 3.63) is 63.9 Å². The summed E-state index contributed by atoms with van der Waals surface area (Å²) in [7, 11) is 1.51. The molecule has 0 aliphatic carbocycles. The van der Waals surface area contributed by atoms with Gasteiger partial charge in [-0.2, -0.15) is 18.3 Å². The zero-order valence-corrected chi connectivity index (χ0v) is 22.2. The Bertz CT molecular complexity index is 1450. The van der Waals surface area contributed by atoms with Crippen LogP contribution in [0.4, 0.5) is 13.2 Å². The summed E-state index contributed by atoms with van der Waals surface area (Å²) in [6, 6.07) is 6.55. The smallest absolute Gasteiger partial charge is 0.433 e. The third-order valence-corrected chi connectivity index (χ3v) is 7.97. The molecule has 0 spiro atoms. The summed E-state index contributed by atoms with van der Waals surface area (Å²) in [5.74, 6) is 0.181. The molecule has 1 fully saturated rings.